The van der Waals surface area contributed by atoms with Gasteiger partial charge in [-0.3, -0.25) is 4.79 Å². The Morgan fingerprint density at radius 1 is 1.17 bits per heavy atom. The summed E-state index contributed by atoms with van der Waals surface area (Å²) in [5.74, 6) is 0.147. The molecule has 92 valence electrons. The zero-order chi connectivity index (χ0) is 13.0. The van der Waals surface area contributed by atoms with Crippen molar-refractivity contribution in [1.29, 1.82) is 0 Å². The molecule has 0 saturated heterocycles. The summed E-state index contributed by atoms with van der Waals surface area (Å²) in [5.41, 5.74) is 1.72. The van der Waals surface area contributed by atoms with Gasteiger partial charge in [-0.15, -0.1) is 0 Å². The Morgan fingerprint density at radius 3 is 2.61 bits per heavy atom. The van der Waals surface area contributed by atoms with Crippen LogP contribution in [-0.4, -0.2) is 11.1 Å². The van der Waals surface area contributed by atoms with Crippen molar-refractivity contribution in [1.82, 2.24) is 0 Å². The second-order valence-electron chi connectivity index (χ2n) is 4.09. The van der Waals surface area contributed by atoms with Crippen LogP contribution in [0.2, 0.25) is 0 Å². The van der Waals surface area contributed by atoms with Gasteiger partial charge in [0, 0.05) is 6.07 Å². The number of hydrogen-bond acceptors (Lipinski definition) is 3. The molecule has 0 aliphatic rings. The normalized spacial score (nSPS) is 10.1. The van der Waals surface area contributed by atoms with Crippen molar-refractivity contribution in [2.24, 2.45) is 0 Å². The molecule has 0 saturated carbocycles. The van der Waals surface area contributed by atoms with Gasteiger partial charge in [-0.1, -0.05) is 36.4 Å². The number of aryl methyl sites for hydroxylation is 1. The van der Waals surface area contributed by atoms with Crippen LogP contribution in [0, 0.1) is 6.92 Å². The van der Waals surface area contributed by atoms with Gasteiger partial charge in [-0.25, -0.2) is 0 Å². The smallest absolute Gasteiger partial charge is 0.315 e. The quantitative estimate of drug-likeness (QED) is 0.665. The Morgan fingerprint density at radius 2 is 1.89 bits per heavy atom. The first-order valence-electron chi connectivity index (χ1n) is 5.69. The Labute approximate surface area is 106 Å². The van der Waals surface area contributed by atoms with Crippen molar-refractivity contribution < 1.29 is 14.6 Å². The maximum absolute atomic E-state index is 11.7. The van der Waals surface area contributed by atoms with Crippen LogP contribution in [0.15, 0.2) is 48.5 Å². The third-order valence-corrected chi connectivity index (χ3v) is 2.59. The van der Waals surface area contributed by atoms with Gasteiger partial charge >= 0.3 is 5.97 Å². The minimum atomic E-state index is -0.338. The number of benzene rings is 2. The van der Waals surface area contributed by atoms with E-state index >= 15 is 0 Å². The molecule has 0 fully saturated rings. The summed E-state index contributed by atoms with van der Waals surface area (Å²) in [5, 5.41) is 9.35. The molecule has 0 aliphatic carbocycles. The monoisotopic (exact) mass is 242 g/mol. The van der Waals surface area contributed by atoms with Crippen molar-refractivity contribution in [3.05, 3.63) is 59.7 Å². The van der Waals surface area contributed by atoms with E-state index in [4.69, 9.17) is 4.74 Å². The largest absolute Gasteiger partial charge is 0.508 e. The molecule has 3 nitrogen and oxygen atoms in total. The van der Waals surface area contributed by atoms with E-state index in [9.17, 15) is 9.90 Å². The van der Waals surface area contributed by atoms with Crippen LogP contribution in [-0.2, 0) is 11.2 Å². The highest BCUT2D eigenvalue weighted by Gasteiger charge is 2.08. The Balaban J connectivity index is 2.05. The SMILES string of the molecule is Cc1ccc(O)cc1OC(=O)Cc1ccccc1. The van der Waals surface area contributed by atoms with Crippen molar-refractivity contribution in [3.63, 3.8) is 0 Å². The van der Waals surface area contributed by atoms with E-state index in [1.165, 1.54) is 6.07 Å². The van der Waals surface area contributed by atoms with Gasteiger partial charge in [0.15, 0.2) is 0 Å². The fraction of sp³-hybridized carbons (Fsp3) is 0.133. The van der Waals surface area contributed by atoms with Gasteiger partial charge in [-0.05, 0) is 24.1 Å². The maximum Gasteiger partial charge on any atom is 0.315 e. The average molecular weight is 242 g/mol. The van der Waals surface area contributed by atoms with Gasteiger partial charge in [-0.2, -0.15) is 0 Å². The maximum atomic E-state index is 11.7. The zero-order valence-corrected chi connectivity index (χ0v) is 10.1. The van der Waals surface area contributed by atoms with Crippen LogP contribution in [0.3, 0.4) is 0 Å². The standard InChI is InChI=1S/C15H14O3/c1-11-7-8-13(16)10-14(11)18-15(17)9-12-5-3-2-4-6-12/h2-8,10,16H,9H2,1H3. The highest BCUT2D eigenvalue weighted by molar-refractivity contribution is 5.75. The third kappa shape index (κ3) is 3.10. The van der Waals surface area contributed by atoms with Gasteiger partial charge in [0.05, 0.1) is 6.42 Å². The van der Waals surface area contributed by atoms with Crippen LogP contribution in [0.25, 0.3) is 0 Å². The van der Waals surface area contributed by atoms with E-state index in [1.54, 1.807) is 12.1 Å². The molecule has 3 heteroatoms. The third-order valence-electron chi connectivity index (χ3n) is 2.59. The number of hydrogen-bond donors (Lipinski definition) is 1. The summed E-state index contributed by atoms with van der Waals surface area (Å²) in [7, 11) is 0. The zero-order valence-electron chi connectivity index (χ0n) is 10.1. The van der Waals surface area contributed by atoms with E-state index in [0.717, 1.165) is 11.1 Å². The number of ether oxygens (including phenoxy) is 1. The molecule has 0 unspecified atom stereocenters. The molecule has 0 spiro atoms. The Kier molecular flexibility index (Phi) is 3.63. The molecule has 0 aromatic heterocycles. The van der Waals surface area contributed by atoms with E-state index in [2.05, 4.69) is 0 Å². The lowest BCUT2D eigenvalue weighted by atomic mass is 10.1. The number of carbonyl (C=O) groups excluding carboxylic acids is 1. The molecule has 0 heterocycles. The van der Waals surface area contributed by atoms with Crippen LogP contribution in [0.5, 0.6) is 11.5 Å². The summed E-state index contributed by atoms with van der Waals surface area (Å²) in [4.78, 5) is 11.7. The van der Waals surface area contributed by atoms with Crippen LogP contribution < -0.4 is 4.74 Å². The summed E-state index contributed by atoms with van der Waals surface area (Å²) in [6, 6.07) is 14.1. The lowest BCUT2D eigenvalue weighted by Gasteiger charge is -2.07. The van der Waals surface area contributed by atoms with Crippen molar-refractivity contribution in [2.45, 2.75) is 13.3 Å². The van der Waals surface area contributed by atoms with Gasteiger partial charge in [0.1, 0.15) is 11.5 Å². The average Bonchev–Trinajstić information content (AvgIpc) is 2.35. The molecule has 0 radical (unpaired) electrons. The van der Waals surface area contributed by atoms with Crippen LogP contribution in [0.4, 0.5) is 0 Å². The first-order valence-corrected chi connectivity index (χ1v) is 5.69. The predicted molar refractivity (Wildman–Crippen MR) is 68.6 cm³/mol. The first-order chi connectivity index (χ1) is 8.65. The number of rotatable bonds is 3. The summed E-state index contributed by atoms with van der Waals surface area (Å²) < 4.78 is 5.23. The summed E-state index contributed by atoms with van der Waals surface area (Å²) in [6.07, 6.45) is 0.218. The number of esters is 1. The fourth-order valence-corrected chi connectivity index (χ4v) is 1.62. The molecule has 2 aromatic rings. The number of aromatic hydroxyl groups is 1. The fourth-order valence-electron chi connectivity index (χ4n) is 1.62. The summed E-state index contributed by atoms with van der Waals surface area (Å²) >= 11 is 0. The van der Waals surface area contributed by atoms with Crippen molar-refractivity contribution in [2.75, 3.05) is 0 Å². The molecule has 2 rings (SSSR count). The van der Waals surface area contributed by atoms with Crippen LogP contribution >= 0.6 is 0 Å². The molecule has 0 amide bonds. The Bertz CT molecular complexity index is 547. The second-order valence-corrected chi connectivity index (χ2v) is 4.09. The van der Waals surface area contributed by atoms with Gasteiger partial charge in [0.25, 0.3) is 0 Å². The lowest BCUT2D eigenvalue weighted by molar-refractivity contribution is -0.133. The highest BCUT2D eigenvalue weighted by atomic mass is 16.5. The van der Waals surface area contributed by atoms with Crippen molar-refractivity contribution in [3.8, 4) is 11.5 Å². The van der Waals surface area contributed by atoms with E-state index in [0.29, 0.717) is 5.75 Å². The second kappa shape index (κ2) is 5.36. The minimum Gasteiger partial charge on any atom is -0.508 e. The molecule has 1 N–H and O–H groups in total. The van der Waals surface area contributed by atoms with Crippen LogP contribution in [0.1, 0.15) is 11.1 Å². The van der Waals surface area contributed by atoms with E-state index in [1.807, 2.05) is 37.3 Å². The molecule has 0 aliphatic heterocycles. The topological polar surface area (TPSA) is 46.5 Å². The first kappa shape index (κ1) is 12.2. The summed E-state index contributed by atoms with van der Waals surface area (Å²) in [6.45, 7) is 1.82. The molecule has 0 atom stereocenters. The Hall–Kier alpha value is -2.29. The number of carbonyl (C=O) groups is 1. The minimum absolute atomic E-state index is 0.0862. The molecule has 2 aromatic carbocycles. The molecular weight excluding hydrogens is 228 g/mol. The highest BCUT2D eigenvalue weighted by Crippen LogP contribution is 2.23. The molecular formula is C15H14O3. The number of phenolic OH excluding ortho intramolecular Hbond substituents is 1. The van der Waals surface area contributed by atoms with E-state index in [-0.39, 0.29) is 18.1 Å². The molecule has 0 bridgehead atoms. The molecule has 18 heavy (non-hydrogen) atoms. The van der Waals surface area contributed by atoms with Gasteiger partial charge < -0.3 is 9.84 Å². The predicted octanol–water partition coefficient (Wildman–Crippen LogP) is 2.85. The lowest BCUT2D eigenvalue weighted by Crippen LogP contribution is -2.11. The van der Waals surface area contributed by atoms with Gasteiger partial charge in [0.2, 0.25) is 0 Å². The van der Waals surface area contributed by atoms with E-state index < -0.39 is 0 Å². The van der Waals surface area contributed by atoms with Crippen molar-refractivity contribution >= 4 is 5.97 Å². The number of phenols is 1.